The van der Waals surface area contributed by atoms with Crippen LogP contribution < -0.4 is 49.1 Å². The Morgan fingerprint density at radius 1 is 0.702 bits per heavy atom. The Hall–Kier alpha value is -5.64. The lowest BCUT2D eigenvalue weighted by Gasteiger charge is -2.29. The number of aromatic nitrogens is 2. The molecule has 0 aromatic carbocycles. The summed E-state index contributed by atoms with van der Waals surface area (Å²) in [6.07, 6.45) is 0.416. The molecule has 0 bridgehead atoms. The Kier molecular flexibility index (Phi) is 20.9. The number of carboxylic acid groups (broad SMARTS) is 1. The van der Waals surface area contributed by atoms with Gasteiger partial charge in [-0.3, -0.25) is 38.4 Å². The minimum absolute atomic E-state index is 0.0158. The maximum Gasteiger partial charge on any atom is 0.326 e. The second kappa shape index (κ2) is 24.1. The van der Waals surface area contributed by atoms with Gasteiger partial charge in [0.2, 0.25) is 47.3 Å². The molecule has 1 aromatic rings. The number of hydrogen-bond donors (Lipinski definition) is 12. The average Bonchev–Trinajstić information content (AvgIpc) is 3.64. The minimum Gasteiger partial charge on any atom is -0.480 e. The van der Waals surface area contributed by atoms with Crippen molar-refractivity contribution in [1.82, 2.24) is 41.9 Å². The van der Waals surface area contributed by atoms with E-state index in [9.17, 15) is 53.4 Å². The van der Waals surface area contributed by atoms with Crippen LogP contribution in [0.25, 0.3) is 0 Å². The van der Waals surface area contributed by atoms with Gasteiger partial charge in [0.1, 0.15) is 36.3 Å². The molecular weight excluding hydrogens is 750 g/mol. The first-order valence-electron chi connectivity index (χ1n) is 18.6. The van der Waals surface area contributed by atoms with Gasteiger partial charge in [0.05, 0.1) is 18.5 Å². The fourth-order valence-corrected chi connectivity index (χ4v) is 5.28. The number of rotatable bonds is 26. The normalized spacial score (nSPS) is 15.9. The molecular formula is C35H59N11O11. The van der Waals surface area contributed by atoms with Crippen LogP contribution in [0.1, 0.15) is 85.8 Å². The molecule has 0 fully saturated rings. The first-order chi connectivity index (χ1) is 26.6. The topological polar surface area (TPSA) is 373 Å². The number of aliphatic hydroxyl groups is 1. The quantitative estimate of drug-likeness (QED) is 0.0429. The van der Waals surface area contributed by atoms with E-state index in [-0.39, 0.29) is 50.4 Å². The molecule has 1 rings (SSSR count). The molecule has 1 heterocycles. The number of H-pyrrole nitrogens is 1. The molecule has 57 heavy (non-hydrogen) atoms. The van der Waals surface area contributed by atoms with Gasteiger partial charge in [-0.1, -0.05) is 34.1 Å². The van der Waals surface area contributed by atoms with Crippen molar-refractivity contribution in [2.45, 2.75) is 135 Å². The van der Waals surface area contributed by atoms with Crippen LogP contribution in [0, 0.1) is 11.8 Å². The van der Waals surface area contributed by atoms with Gasteiger partial charge in [0.25, 0.3) is 0 Å². The number of aliphatic carboxylic acids is 1. The highest BCUT2D eigenvalue weighted by Gasteiger charge is 2.35. The number of primary amides is 2. The molecule has 0 aliphatic carbocycles. The van der Waals surface area contributed by atoms with Gasteiger partial charge in [0, 0.05) is 31.2 Å². The first kappa shape index (κ1) is 49.4. The largest absolute Gasteiger partial charge is 0.480 e. The van der Waals surface area contributed by atoms with Crippen molar-refractivity contribution < 1.29 is 53.4 Å². The van der Waals surface area contributed by atoms with E-state index >= 15 is 0 Å². The Bertz CT molecular complexity index is 1550. The number of carbonyl (C=O) groups excluding carboxylic acids is 8. The molecule has 15 N–H and O–H groups in total. The maximum absolute atomic E-state index is 13.8. The molecule has 0 saturated heterocycles. The van der Waals surface area contributed by atoms with E-state index in [2.05, 4.69) is 41.9 Å². The molecule has 0 unspecified atom stereocenters. The summed E-state index contributed by atoms with van der Waals surface area (Å²) in [4.78, 5) is 121. The predicted molar refractivity (Wildman–Crippen MR) is 203 cm³/mol. The third-order valence-corrected chi connectivity index (χ3v) is 8.93. The summed E-state index contributed by atoms with van der Waals surface area (Å²) in [6, 6.07) is -9.56. The second-order valence-corrected chi connectivity index (χ2v) is 14.4. The van der Waals surface area contributed by atoms with Crippen molar-refractivity contribution in [3.05, 3.63) is 18.2 Å². The van der Waals surface area contributed by atoms with Crippen molar-refractivity contribution in [3.63, 3.8) is 0 Å². The van der Waals surface area contributed by atoms with E-state index in [1.807, 2.05) is 6.92 Å². The summed E-state index contributed by atoms with van der Waals surface area (Å²) in [5, 5.41) is 34.6. The summed E-state index contributed by atoms with van der Waals surface area (Å²) in [5.41, 5.74) is 16.8. The van der Waals surface area contributed by atoms with E-state index in [0.29, 0.717) is 12.1 Å². The number of nitrogens with zero attached hydrogens (tertiary/aromatic N) is 1. The Morgan fingerprint density at radius 3 is 1.70 bits per heavy atom. The fourth-order valence-electron chi connectivity index (χ4n) is 5.28. The summed E-state index contributed by atoms with van der Waals surface area (Å²) < 4.78 is 0. The summed E-state index contributed by atoms with van der Waals surface area (Å²) in [7, 11) is 0. The zero-order valence-electron chi connectivity index (χ0n) is 33.1. The molecule has 320 valence electrons. The number of carboxylic acids is 1. The van der Waals surface area contributed by atoms with E-state index < -0.39 is 102 Å². The number of aliphatic hydroxyl groups excluding tert-OH is 1. The van der Waals surface area contributed by atoms with Gasteiger partial charge in [0.15, 0.2) is 0 Å². The molecule has 0 spiro atoms. The third kappa shape index (κ3) is 17.8. The standard InChI is InChI=1S/C35H59N11O11/c1-7-17(4)27(38)33(54)42-21(8-10-25(36)48)30(51)46-28(19(6)47)34(55)45-23(12-16(2)3)32(53)44-24(13-20-14-39-15-40-20)31(52)41-18(5)29(50)43-22(35(56)57)9-11-26(37)49/h14-19,21-24,27-28,47H,7-13,38H2,1-6H3,(H2,36,48)(H2,37,49)(H,39,40)(H,41,52)(H,42,54)(H,43,50)(H,44,53)(H,45,55)(H,46,51)(H,56,57)/t17-,18-,19+,21-,22-,23-,24-,27-,28-/m0/s1. The molecule has 0 aliphatic heterocycles. The summed E-state index contributed by atoms with van der Waals surface area (Å²) >= 11 is 0. The first-order valence-corrected chi connectivity index (χ1v) is 18.6. The number of imidazole rings is 1. The smallest absolute Gasteiger partial charge is 0.326 e. The fraction of sp³-hybridized carbons (Fsp3) is 0.657. The maximum atomic E-state index is 13.8. The van der Waals surface area contributed by atoms with Crippen LogP contribution in [0.2, 0.25) is 0 Å². The zero-order valence-corrected chi connectivity index (χ0v) is 33.1. The Labute approximate surface area is 330 Å². The predicted octanol–water partition coefficient (Wildman–Crippen LogP) is -3.70. The monoisotopic (exact) mass is 809 g/mol. The zero-order chi connectivity index (χ0) is 43.6. The van der Waals surface area contributed by atoms with Crippen LogP contribution in [-0.2, 0) is 49.6 Å². The average molecular weight is 810 g/mol. The highest BCUT2D eigenvalue weighted by Crippen LogP contribution is 2.10. The van der Waals surface area contributed by atoms with Gasteiger partial charge < -0.3 is 64.3 Å². The molecule has 1 aromatic heterocycles. The van der Waals surface area contributed by atoms with Crippen LogP contribution in [0.3, 0.4) is 0 Å². The highest BCUT2D eigenvalue weighted by molar-refractivity contribution is 5.97. The SMILES string of the molecule is CC[C@H](C)[C@H](N)C(=O)N[C@@H](CCC(N)=O)C(=O)N[C@H](C(=O)N[C@@H](CC(C)C)C(=O)N[C@@H](Cc1cnc[nH]1)C(=O)N[C@@H](C)C(=O)N[C@@H](CCC(N)=O)C(=O)O)[C@@H](C)O. The van der Waals surface area contributed by atoms with Gasteiger partial charge >= 0.3 is 5.97 Å². The second-order valence-electron chi connectivity index (χ2n) is 14.4. The molecule has 0 saturated carbocycles. The number of carbonyl (C=O) groups is 9. The van der Waals surface area contributed by atoms with Gasteiger partial charge in [-0.15, -0.1) is 0 Å². The van der Waals surface area contributed by atoms with Crippen molar-refractivity contribution in [3.8, 4) is 0 Å². The number of nitrogens with one attached hydrogen (secondary N) is 7. The van der Waals surface area contributed by atoms with E-state index in [4.69, 9.17) is 17.2 Å². The van der Waals surface area contributed by atoms with Crippen molar-refractivity contribution in [2.24, 2.45) is 29.0 Å². The lowest BCUT2D eigenvalue weighted by atomic mass is 9.98. The van der Waals surface area contributed by atoms with Gasteiger partial charge in [-0.2, -0.15) is 0 Å². The number of hydrogen-bond acceptors (Lipinski definition) is 12. The van der Waals surface area contributed by atoms with Crippen molar-refractivity contribution in [1.29, 1.82) is 0 Å². The van der Waals surface area contributed by atoms with Crippen LogP contribution in [0.5, 0.6) is 0 Å². The number of amides is 8. The number of nitrogens with two attached hydrogens (primary N) is 3. The Balaban J connectivity index is 3.26. The van der Waals surface area contributed by atoms with Crippen LogP contribution in [0.4, 0.5) is 0 Å². The lowest BCUT2D eigenvalue weighted by Crippen LogP contribution is -2.62. The van der Waals surface area contributed by atoms with Crippen molar-refractivity contribution >= 4 is 53.2 Å². The number of aromatic amines is 1. The van der Waals surface area contributed by atoms with Crippen LogP contribution >= 0.6 is 0 Å². The summed E-state index contributed by atoms with van der Waals surface area (Å²) in [6.45, 7) is 9.53. The molecule has 9 atom stereocenters. The minimum atomic E-state index is -1.67. The van der Waals surface area contributed by atoms with Gasteiger partial charge in [-0.05, 0) is 44.9 Å². The molecule has 22 heteroatoms. The molecule has 22 nitrogen and oxygen atoms in total. The lowest BCUT2D eigenvalue weighted by molar-refractivity contribution is -0.142. The van der Waals surface area contributed by atoms with E-state index in [1.165, 1.54) is 26.4 Å². The molecule has 0 radical (unpaired) electrons. The van der Waals surface area contributed by atoms with E-state index in [1.54, 1.807) is 20.8 Å². The van der Waals surface area contributed by atoms with Gasteiger partial charge in [-0.25, -0.2) is 9.78 Å². The summed E-state index contributed by atoms with van der Waals surface area (Å²) in [5.74, 6) is -8.70. The Morgan fingerprint density at radius 2 is 1.21 bits per heavy atom. The van der Waals surface area contributed by atoms with Crippen molar-refractivity contribution in [2.75, 3.05) is 0 Å². The van der Waals surface area contributed by atoms with E-state index in [0.717, 1.165) is 0 Å². The highest BCUT2D eigenvalue weighted by atomic mass is 16.4. The molecule has 8 amide bonds. The third-order valence-electron chi connectivity index (χ3n) is 8.93. The molecule has 0 aliphatic rings. The van der Waals surface area contributed by atoms with Crippen LogP contribution in [-0.4, -0.2) is 122 Å². The van der Waals surface area contributed by atoms with Crippen LogP contribution in [0.15, 0.2) is 12.5 Å².